The van der Waals surface area contributed by atoms with Crippen molar-refractivity contribution in [3.8, 4) is 0 Å². The molecule has 0 aromatic rings. The van der Waals surface area contributed by atoms with Crippen molar-refractivity contribution in [2.24, 2.45) is 0 Å². The smallest absolute Gasteiger partial charge is 0.221 e. The van der Waals surface area contributed by atoms with E-state index in [9.17, 15) is 4.79 Å². The summed E-state index contributed by atoms with van der Waals surface area (Å²) >= 11 is 4.03. The van der Waals surface area contributed by atoms with Crippen LogP contribution >= 0.6 is 48.3 Å². The Morgan fingerprint density at radius 1 is 1.08 bits per heavy atom. The van der Waals surface area contributed by atoms with E-state index in [1.54, 1.807) is 0 Å². The molecule has 3 aliphatic rings. The van der Waals surface area contributed by atoms with Gasteiger partial charge in [0.1, 0.15) is 0 Å². The molecule has 2 heterocycles. The van der Waals surface area contributed by atoms with E-state index in [2.05, 4.69) is 27.3 Å². The fraction of sp³-hybridized carbons (Fsp3) is 0.941. The quantitative estimate of drug-likeness (QED) is 0.702. The molecule has 1 unspecified atom stereocenters. The number of nitrogens with one attached hydrogen (secondary N) is 2. The van der Waals surface area contributed by atoms with E-state index in [0.29, 0.717) is 12.5 Å². The zero-order valence-electron chi connectivity index (χ0n) is 15.0. The number of hydrogen-bond acceptors (Lipinski definition) is 5. The van der Waals surface area contributed by atoms with Crippen molar-refractivity contribution in [2.45, 2.75) is 50.1 Å². The lowest BCUT2D eigenvalue weighted by Crippen LogP contribution is -2.59. The number of carbonyl (C=O) groups is 1. The highest BCUT2D eigenvalue weighted by Gasteiger charge is 2.38. The Balaban J connectivity index is 0.00000156. The third-order valence-corrected chi connectivity index (χ3v) is 7.58. The number of amides is 1. The molecule has 3 rings (SSSR count). The second kappa shape index (κ2) is 12.2. The summed E-state index contributed by atoms with van der Waals surface area (Å²) in [5.74, 6) is 4.98. The summed E-state index contributed by atoms with van der Waals surface area (Å²) in [6.07, 6.45) is 7.16. The molecular formula is C17H33Cl2N3OS2. The summed E-state index contributed by atoms with van der Waals surface area (Å²) in [7, 11) is 0. The number of thioether (sulfide) groups is 2. The van der Waals surface area contributed by atoms with E-state index < -0.39 is 0 Å². The lowest BCUT2D eigenvalue weighted by Gasteiger charge is -2.48. The molecule has 0 bridgehead atoms. The molecule has 2 N–H and O–H groups in total. The van der Waals surface area contributed by atoms with E-state index in [1.165, 1.54) is 62.5 Å². The minimum atomic E-state index is 0. The molecule has 2 aliphatic heterocycles. The maximum Gasteiger partial charge on any atom is 0.221 e. The molecule has 25 heavy (non-hydrogen) atoms. The first-order valence-electron chi connectivity index (χ1n) is 9.19. The minimum absolute atomic E-state index is 0. The van der Waals surface area contributed by atoms with Gasteiger partial charge in [0.2, 0.25) is 5.91 Å². The maximum atomic E-state index is 12.4. The zero-order valence-corrected chi connectivity index (χ0v) is 18.2. The predicted octanol–water partition coefficient (Wildman–Crippen LogP) is 2.79. The van der Waals surface area contributed by atoms with Gasteiger partial charge in [-0.2, -0.15) is 23.5 Å². The fourth-order valence-corrected chi connectivity index (χ4v) is 6.01. The van der Waals surface area contributed by atoms with Gasteiger partial charge >= 0.3 is 0 Å². The van der Waals surface area contributed by atoms with Gasteiger partial charge in [0, 0.05) is 67.2 Å². The van der Waals surface area contributed by atoms with Crippen molar-refractivity contribution in [2.75, 3.05) is 49.2 Å². The van der Waals surface area contributed by atoms with E-state index in [-0.39, 0.29) is 36.3 Å². The van der Waals surface area contributed by atoms with Crippen LogP contribution in [0.15, 0.2) is 0 Å². The van der Waals surface area contributed by atoms with Crippen molar-refractivity contribution >= 4 is 54.2 Å². The van der Waals surface area contributed by atoms with Gasteiger partial charge in [-0.15, -0.1) is 24.8 Å². The highest BCUT2D eigenvalue weighted by molar-refractivity contribution is 7.99. The van der Waals surface area contributed by atoms with Crippen LogP contribution in [0.25, 0.3) is 0 Å². The van der Waals surface area contributed by atoms with Gasteiger partial charge < -0.3 is 10.6 Å². The molecular weight excluding hydrogens is 397 g/mol. The molecule has 3 fully saturated rings. The van der Waals surface area contributed by atoms with E-state index in [1.807, 2.05) is 11.8 Å². The van der Waals surface area contributed by atoms with Gasteiger partial charge in [-0.3, -0.25) is 9.69 Å². The molecule has 8 heteroatoms. The van der Waals surface area contributed by atoms with Crippen LogP contribution in [0.3, 0.4) is 0 Å². The zero-order chi connectivity index (χ0) is 16.0. The summed E-state index contributed by atoms with van der Waals surface area (Å²) in [5.41, 5.74) is 0.240. The van der Waals surface area contributed by atoms with E-state index in [4.69, 9.17) is 0 Å². The first kappa shape index (κ1) is 23.7. The van der Waals surface area contributed by atoms with Crippen LogP contribution in [0.5, 0.6) is 0 Å². The van der Waals surface area contributed by atoms with Crippen LogP contribution in [0.1, 0.15) is 38.5 Å². The molecule has 0 radical (unpaired) electrons. The van der Waals surface area contributed by atoms with Crippen LogP contribution in [0.2, 0.25) is 0 Å². The third-order valence-electron chi connectivity index (χ3n) is 5.51. The standard InChI is InChI=1S/C17H31N3OS2.2ClH/c21-16(12-15-13-23-9-6-18-15)19-14-17(4-2-1-3-5-17)20-7-10-22-11-8-20;;/h15,18H,1-14H2,(H,19,21);2*1H. The van der Waals surface area contributed by atoms with Crippen molar-refractivity contribution in [3.63, 3.8) is 0 Å². The third kappa shape index (κ3) is 6.96. The molecule has 0 aromatic carbocycles. The number of rotatable bonds is 5. The van der Waals surface area contributed by atoms with Crippen LogP contribution < -0.4 is 10.6 Å². The van der Waals surface area contributed by atoms with Crippen LogP contribution in [-0.2, 0) is 4.79 Å². The Bertz CT molecular complexity index is 386. The molecule has 1 amide bonds. The minimum Gasteiger partial charge on any atom is -0.354 e. The Labute approximate surface area is 173 Å². The summed E-state index contributed by atoms with van der Waals surface area (Å²) < 4.78 is 0. The van der Waals surface area contributed by atoms with Gasteiger partial charge in [0.25, 0.3) is 0 Å². The molecule has 0 aromatic heterocycles. The average Bonchev–Trinajstić information content (AvgIpc) is 2.62. The second-order valence-electron chi connectivity index (χ2n) is 7.09. The summed E-state index contributed by atoms with van der Waals surface area (Å²) in [6, 6.07) is 0.363. The van der Waals surface area contributed by atoms with Crippen molar-refractivity contribution in [1.29, 1.82) is 0 Å². The Morgan fingerprint density at radius 3 is 2.44 bits per heavy atom. The van der Waals surface area contributed by atoms with Gasteiger partial charge in [-0.1, -0.05) is 19.3 Å². The first-order chi connectivity index (χ1) is 11.3. The fourth-order valence-electron chi connectivity index (χ4n) is 4.16. The maximum absolute atomic E-state index is 12.4. The molecule has 2 saturated heterocycles. The lowest BCUT2D eigenvalue weighted by molar-refractivity contribution is -0.122. The Kier molecular flexibility index (Phi) is 11.6. The number of halogens is 2. The van der Waals surface area contributed by atoms with Crippen molar-refractivity contribution in [1.82, 2.24) is 15.5 Å². The van der Waals surface area contributed by atoms with Gasteiger partial charge in [0.05, 0.1) is 0 Å². The molecule has 1 saturated carbocycles. The largest absolute Gasteiger partial charge is 0.354 e. The highest BCUT2D eigenvalue weighted by Crippen LogP contribution is 2.34. The van der Waals surface area contributed by atoms with Crippen molar-refractivity contribution in [3.05, 3.63) is 0 Å². The predicted molar refractivity (Wildman–Crippen MR) is 116 cm³/mol. The monoisotopic (exact) mass is 429 g/mol. The summed E-state index contributed by atoms with van der Waals surface area (Å²) in [5, 5.41) is 6.77. The van der Waals surface area contributed by atoms with Gasteiger partial charge in [0.15, 0.2) is 0 Å². The average molecular weight is 431 g/mol. The van der Waals surface area contributed by atoms with E-state index in [0.717, 1.165) is 18.8 Å². The number of carbonyl (C=O) groups excluding carboxylic acids is 1. The SMILES string of the molecule is Cl.Cl.O=C(CC1CSCCN1)NCC1(N2CCSCC2)CCCCC1. The Hall–Kier alpha value is 0.670. The number of nitrogens with zero attached hydrogens (tertiary/aromatic N) is 1. The molecule has 4 nitrogen and oxygen atoms in total. The molecule has 1 aliphatic carbocycles. The molecule has 148 valence electrons. The topological polar surface area (TPSA) is 44.4 Å². The van der Waals surface area contributed by atoms with E-state index >= 15 is 0 Å². The van der Waals surface area contributed by atoms with Gasteiger partial charge in [-0.05, 0) is 12.8 Å². The van der Waals surface area contributed by atoms with Crippen LogP contribution in [0, 0.1) is 0 Å². The highest BCUT2D eigenvalue weighted by atomic mass is 35.5. The van der Waals surface area contributed by atoms with Gasteiger partial charge in [-0.25, -0.2) is 0 Å². The van der Waals surface area contributed by atoms with Crippen LogP contribution in [0.4, 0.5) is 0 Å². The number of hydrogen-bond donors (Lipinski definition) is 2. The lowest BCUT2D eigenvalue weighted by atomic mass is 9.80. The first-order valence-corrected chi connectivity index (χ1v) is 11.5. The Morgan fingerprint density at radius 2 is 1.80 bits per heavy atom. The summed E-state index contributed by atoms with van der Waals surface area (Å²) in [4.78, 5) is 15.1. The molecule has 0 spiro atoms. The van der Waals surface area contributed by atoms with Crippen molar-refractivity contribution < 1.29 is 4.79 Å². The summed E-state index contributed by atoms with van der Waals surface area (Å²) in [6.45, 7) is 4.29. The normalized spacial score (nSPS) is 26.8. The van der Waals surface area contributed by atoms with Crippen LogP contribution in [-0.4, -0.2) is 71.6 Å². The second-order valence-corrected chi connectivity index (χ2v) is 9.47. The molecule has 1 atom stereocenters.